The summed E-state index contributed by atoms with van der Waals surface area (Å²) in [7, 11) is 0. The predicted octanol–water partition coefficient (Wildman–Crippen LogP) is 4.81. The molecule has 0 saturated carbocycles. The fourth-order valence-corrected chi connectivity index (χ4v) is 1.91. The number of hydrogen-bond donors (Lipinski definition) is 1. The van der Waals surface area contributed by atoms with E-state index in [-0.39, 0.29) is 0 Å². The average Bonchev–Trinajstić information content (AvgIpc) is 2.42. The third-order valence-electron chi connectivity index (χ3n) is 3.06. The van der Waals surface area contributed by atoms with E-state index in [1.54, 1.807) is 0 Å². The molecule has 0 aromatic heterocycles. The number of nitrogens with one attached hydrogen (secondary N) is 1. The van der Waals surface area contributed by atoms with E-state index >= 15 is 0 Å². The summed E-state index contributed by atoms with van der Waals surface area (Å²) < 4.78 is 5.66. The molecule has 18 heavy (non-hydrogen) atoms. The molecule has 0 heterocycles. The molecule has 0 spiro atoms. The van der Waals surface area contributed by atoms with Crippen LogP contribution in [-0.4, -0.2) is 12.8 Å². The molecular weight excluding hydrogens is 222 g/mol. The summed E-state index contributed by atoms with van der Waals surface area (Å²) in [5, 5.41) is 7.11. The van der Waals surface area contributed by atoms with Gasteiger partial charge in [0.15, 0.2) is 0 Å². The molecule has 0 aliphatic carbocycles. The maximum absolute atomic E-state index is 7.11. The van der Waals surface area contributed by atoms with Gasteiger partial charge < -0.3 is 10.1 Å². The molecule has 0 fully saturated rings. The van der Waals surface area contributed by atoms with Gasteiger partial charge in [-0.25, -0.2) is 0 Å². The van der Waals surface area contributed by atoms with E-state index in [0.717, 1.165) is 24.3 Å². The molecule has 0 atom stereocenters. The van der Waals surface area contributed by atoms with Crippen molar-refractivity contribution >= 4 is 6.21 Å². The Hall–Kier alpha value is -1.31. The first-order valence-electron chi connectivity index (χ1n) is 7.10. The Labute approximate surface area is 111 Å². The van der Waals surface area contributed by atoms with Crippen molar-refractivity contribution in [3.8, 4) is 5.75 Å². The van der Waals surface area contributed by atoms with Crippen LogP contribution in [-0.2, 0) is 0 Å². The van der Waals surface area contributed by atoms with Crippen molar-refractivity contribution in [3.63, 3.8) is 0 Å². The maximum atomic E-state index is 7.11. The lowest BCUT2D eigenvalue weighted by Crippen LogP contribution is -1.97. The number of hydrogen-bond acceptors (Lipinski definition) is 2. The van der Waals surface area contributed by atoms with Crippen molar-refractivity contribution in [1.29, 1.82) is 5.41 Å². The molecule has 2 heteroatoms. The SMILES string of the molecule is CCCCCCCCCOc1ccc(C=N)cc1. The van der Waals surface area contributed by atoms with Gasteiger partial charge in [-0.05, 0) is 36.2 Å². The highest BCUT2D eigenvalue weighted by Gasteiger charge is 1.94. The maximum Gasteiger partial charge on any atom is 0.119 e. The molecule has 1 N–H and O–H groups in total. The molecule has 1 aromatic carbocycles. The molecule has 0 saturated heterocycles. The number of unbranched alkanes of at least 4 members (excludes halogenated alkanes) is 6. The van der Waals surface area contributed by atoms with Crippen LogP contribution >= 0.6 is 0 Å². The zero-order valence-electron chi connectivity index (χ0n) is 11.5. The molecule has 0 amide bonds. The lowest BCUT2D eigenvalue weighted by Gasteiger charge is -2.06. The third kappa shape index (κ3) is 6.43. The van der Waals surface area contributed by atoms with Crippen LogP contribution in [0.25, 0.3) is 0 Å². The molecular formula is C16H25NO. The lowest BCUT2D eigenvalue weighted by atomic mass is 10.1. The number of ether oxygens (including phenoxy) is 1. The van der Waals surface area contributed by atoms with Crippen LogP contribution in [0.15, 0.2) is 24.3 Å². The van der Waals surface area contributed by atoms with Gasteiger partial charge in [0.25, 0.3) is 0 Å². The predicted molar refractivity (Wildman–Crippen MR) is 77.8 cm³/mol. The Morgan fingerprint density at radius 3 is 2.17 bits per heavy atom. The van der Waals surface area contributed by atoms with Crippen LogP contribution in [0.2, 0.25) is 0 Å². The van der Waals surface area contributed by atoms with Crippen molar-refractivity contribution in [2.45, 2.75) is 51.9 Å². The second kappa shape index (κ2) is 9.69. The summed E-state index contributed by atoms with van der Waals surface area (Å²) in [4.78, 5) is 0. The fourth-order valence-electron chi connectivity index (χ4n) is 1.91. The first-order valence-corrected chi connectivity index (χ1v) is 7.10. The Bertz CT molecular complexity index is 318. The summed E-state index contributed by atoms with van der Waals surface area (Å²) in [6.45, 7) is 3.05. The summed E-state index contributed by atoms with van der Waals surface area (Å²) in [5.41, 5.74) is 0.915. The van der Waals surface area contributed by atoms with Gasteiger partial charge in [-0.15, -0.1) is 0 Å². The average molecular weight is 247 g/mol. The minimum Gasteiger partial charge on any atom is -0.494 e. The Balaban J connectivity index is 2.01. The third-order valence-corrected chi connectivity index (χ3v) is 3.06. The van der Waals surface area contributed by atoms with Crippen LogP contribution in [0.4, 0.5) is 0 Å². The molecule has 100 valence electrons. The van der Waals surface area contributed by atoms with Gasteiger partial charge >= 0.3 is 0 Å². The quantitative estimate of drug-likeness (QED) is 0.467. The van der Waals surface area contributed by atoms with Crippen molar-refractivity contribution < 1.29 is 4.74 Å². The van der Waals surface area contributed by atoms with E-state index < -0.39 is 0 Å². The lowest BCUT2D eigenvalue weighted by molar-refractivity contribution is 0.304. The first-order chi connectivity index (χ1) is 8.86. The molecule has 2 nitrogen and oxygen atoms in total. The number of rotatable bonds is 10. The minimum atomic E-state index is 0.803. The van der Waals surface area contributed by atoms with Crippen LogP contribution in [0.1, 0.15) is 57.4 Å². The second-order valence-corrected chi connectivity index (χ2v) is 4.68. The molecule has 0 aliphatic rings. The highest BCUT2D eigenvalue weighted by Crippen LogP contribution is 2.12. The zero-order valence-corrected chi connectivity index (χ0v) is 11.5. The molecule has 0 bridgehead atoms. The second-order valence-electron chi connectivity index (χ2n) is 4.68. The largest absolute Gasteiger partial charge is 0.494 e. The van der Waals surface area contributed by atoms with E-state index in [9.17, 15) is 0 Å². The van der Waals surface area contributed by atoms with Gasteiger partial charge in [0.05, 0.1) is 6.61 Å². The molecule has 1 rings (SSSR count). The van der Waals surface area contributed by atoms with Gasteiger partial charge in [0, 0.05) is 6.21 Å². The van der Waals surface area contributed by atoms with Crippen molar-refractivity contribution in [1.82, 2.24) is 0 Å². The summed E-state index contributed by atoms with van der Waals surface area (Å²) >= 11 is 0. The van der Waals surface area contributed by atoms with Gasteiger partial charge in [-0.3, -0.25) is 0 Å². The van der Waals surface area contributed by atoms with Gasteiger partial charge in [-0.1, -0.05) is 45.4 Å². The summed E-state index contributed by atoms with van der Waals surface area (Å²) in [6, 6.07) is 7.68. The van der Waals surface area contributed by atoms with Crippen LogP contribution in [0.5, 0.6) is 5.75 Å². The van der Waals surface area contributed by atoms with Crippen LogP contribution < -0.4 is 4.74 Å². The molecule has 1 aromatic rings. The first kappa shape index (κ1) is 14.7. The number of benzene rings is 1. The normalized spacial score (nSPS) is 10.3. The van der Waals surface area contributed by atoms with E-state index in [1.807, 2.05) is 24.3 Å². The van der Waals surface area contributed by atoms with Gasteiger partial charge in [0.2, 0.25) is 0 Å². The Morgan fingerprint density at radius 1 is 0.944 bits per heavy atom. The van der Waals surface area contributed by atoms with E-state index in [1.165, 1.54) is 44.7 Å². The molecule has 0 radical (unpaired) electrons. The molecule has 0 unspecified atom stereocenters. The van der Waals surface area contributed by atoms with Gasteiger partial charge in [0.1, 0.15) is 5.75 Å². The summed E-state index contributed by atoms with van der Waals surface area (Å²) in [5.74, 6) is 0.909. The smallest absolute Gasteiger partial charge is 0.119 e. The van der Waals surface area contributed by atoms with Crippen molar-refractivity contribution in [2.75, 3.05) is 6.61 Å². The van der Waals surface area contributed by atoms with Crippen LogP contribution in [0, 0.1) is 5.41 Å². The highest BCUT2D eigenvalue weighted by atomic mass is 16.5. The van der Waals surface area contributed by atoms with E-state index in [0.29, 0.717) is 0 Å². The van der Waals surface area contributed by atoms with E-state index in [4.69, 9.17) is 10.1 Å². The Morgan fingerprint density at radius 2 is 1.56 bits per heavy atom. The van der Waals surface area contributed by atoms with Gasteiger partial charge in [-0.2, -0.15) is 0 Å². The highest BCUT2D eigenvalue weighted by molar-refractivity contribution is 5.76. The van der Waals surface area contributed by atoms with E-state index in [2.05, 4.69) is 6.92 Å². The standard InChI is InChI=1S/C16H25NO/c1-2-3-4-5-6-7-8-13-18-16-11-9-15(14-17)10-12-16/h9-12,14,17H,2-8,13H2,1H3. The van der Waals surface area contributed by atoms with Crippen LogP contribution in [0.3, 0.4) is 0 Å². The topological polar surface area (TPSA) is 33.1 Å². The monoisotopic (exact) mass is 247 g/mol. The minimum absolute atomic E-state index is 0.803. The van der Waals surface area contributed by atoms with Crippen molar-refractivity contribution in [2.24, 2.45) is 0 Å². The Kier molecular flexibility index (Phi) is 7.94. The summed E-state index contributed by atoms with van der Waals surface area (Å²) in [6.07, 6.45) is 10.5. The zero-order chi connectivity index (χ0) is 13.1. The fraction of sp³-hybridized carbons (Fsp3) is 0.562. The molecule has 0 aliphatic heterocycles. The van der Waals surface area contributed by atoms with Crippen molar-refractivity contribution in [3.05, 3.63) is 29.8 Å².